The van der Waals surface area contributed by atoms with Crippen LogP contribution in [0.3, 0.4) is 0 Å². The summed E-state index contributed by atoms with van der Waals surface area (Å²) in [5.41, 5.74) is 7.80. The highest BCUT2D eigenvalue weighted by Crippen LogP contribution is 2.30. The number of nitrogens with zero attached hydrogens (tertiary/aromatic N) is 3. The Morgan fingerprint density at radius 2 is 2.07 bits per heavy atom. The van der Waals surface area contributed by atoms with Gasteiger partial charge >= 0.3 is 0 Å². The number of benzene rings is 1. The van der Waals surface area contributed by atoms with Crippen molar-refractivity contribution in [2.45, 2.75) is 33.2 Å². The Hall–Kier alpha value is -2.91. The normalized spacial score (nSPS) is 12.5. The van der Waals surface area contributed by atoms with Crippen molar-refractivity contribution >= 4 is 21.7 Å². The topological polar surface area (TPSA) is 93.9 Å². The first kappa shape index (κ1) is 18.9. The van der Waals surface area contributed by atoms with Crippen LogP contribution in [0.1, 0.15) is 31.5 Å². The number of nitriles is 1. The minimum Gasteiger partial charge on any atom is -0.491 e. The molecular formula is C21H24N4O2. The number of ether oxygens (including phenoxy) is 1. The second-order valence-electron chi connectivity index (χ2n) is 7.36. The standard InChI is InChI=1S/C21H24N4O2/c1-12(2)7-15(23)11-27-19-9-18-17(8-14(19)10-22)16-5-6-24-13(3)20(16)21(26)25(18)4/h5-6,8-9,12,15H,7,11,23H2,1-4H3/t15-/m0/s1. The number of hydrogen-bond acceptors (Lipinski definition) is 5. The van der Waals surface area contributed by atoms with Gasteiger partial charge in [0.25, 0.3) is 5.56 Å². The van der Waals surface area contributed by atoms with Gasteiger partial charge in [-0.25, -0.2) is 0 Å². The highest BCUT2D eigenvalue weighted by molar-refractivity contribution is 6.07. The second-order valence-corrected chi connectivity index (χ2v) is 7.36. The molecule has 6 nitrogen and oxygen atoms in total. The molecule has 0 saturated heterocycles. The summed E-state index contributed by atoms with van der Waals surface area (Å²) in [6, 6.07) is 7.43. The van der Waals surface area contributed by atoms with Crippen molar-refractivity contribution in [2.24, 2.45) is 18.7 Å². The van der Waals surface area contributed by atoms with E-state index in [0.717, 1.165) is 17.2 Å². The van der Waals surface area contributed by atoms with Gasteiger partial charge in [0.1, 0.15) is 18.4 Å². The van der Waals surface area contributed by atoms with E-state index >= 15 is 0 Å². The monoisotopic (exact) mass is 364 g/mol. The molecule has 0 radical (unpaired) electrons. The van der Waals surface area contributed by atoms with Crippen molar-refractivity contribution in [3.05, 3.63) is 46.0 Å². The van der Waals surface area contributed by atoms with E-state index in [4.69, 9.17) is 10.5 Å². The molecule has 0 bridgehead atoms. The lowest BCUT2D eigenvalue weighted by Crippen LogP contribution is -2.29. The van der Waals surface area contributed by atoms with Crippen molar-refractivity contribution in [1.82, 2.24) is 9.55 Å². The Kier molecular flexibility index (Phi) is 5.15. The number of aromatic nitrogens is 2. The van der Waals surface area contributed by atoms with Gasteiger partial charge < -0.3 is 15.0 Å². The lowest BCUT2D eigenvalue weighted by atomic mass is 10.0. The zero-order chi connectivity index (χ0) is 19.7. The van der Waals surface area contributed by atoms with Crippen molar-refractivity contribution < 1.29 is 4.74 Å². The Labute approximate surface area is 158 Å². The first-order valence-corrected chi connectivity index (χ1v) is 9.04. The SMILES string of the molecule is Cc1nccc2c1c(=O)n(C)c1cc(OC[C@@H](N)CC(C)C)c(C#N)cc21. The molecule has 0 spiro atoms. The van der Waals surface area contributed by atoms with Gasteiger partial charge in [0.15, 0.2) is 0 Å². The van der Waals surface area contributed by atoms with E-state index in [9.17, 15) is 10.1 Å². The second kappa shape index (κ2) is 7.37. The maximum atomic E-state index is 12.8. The molecule has 0 saturated carbocycles. The lowest BCUT2D eigenvalue weighted by molar-refractivity contribution is 0.270. The van der Waals surface area contributed by atoms with Crippen LogP contribution >= 0.6 is 0 Å². The highest BCUT2D eigenvalue weighted by atomic mass is 16.5. The van der Waals surface area contributed by atoms with E-state index in [1.165, 1.54) is 0 Å². The van der Waals surface area contributed by atoms with Crippen LogP contribution in [0.15, 0.2) is 29.2 Å². The Bertz CT molecular complexity index is 1110. The summed E-state index contributed by atoms with van der Waals surface area (Å²) in [7, 11) is 1.72. The van der Waals surface area contributed by atoms with E-state index in [1.54, 1.807) is 29.9 Å². The molecule has 0 amide bonds. The maximum Gasteiger partial charge on any atom is 0.260 e. The first-order chi connectivity index (χ1) is 12.8. The fourth-order valence-corrected chi connectivity index (χ4v) is 3.48. The summed E-state index contributed by atoms with van der Waals surface area (Å²) in [6.07, 6.45) is 2.52. The number of aryl methyl sites for hydroxylation is 2. The van der Waals surface area contributed by atoms with Crippen molar-refractivity contribution in [1.29, 1.82) is 5.26 Å². The van der Waals surface area contributed by atoms with E-state index in [0.29, 0.717) is 40.4 Å². The third-order valence-corrected chi connectivity index (χ3v) is 4.76. The summed E-state index contributed by atoms with van der Waals surface area (Å²) in [6.45, 7) is 6.35. The Morgan fingerprint density at radius 1 is 1.33 bits per heavy atom. The van der Waals surface area contributed by atoms with Gasteiger partial charge in [0.05, 0.1) is 22.2 Å². The van der Waals surface area contributed by atoms with Gasteiger partial charge in [0.2, 0.25) is 0 Å². The average molecular weight is 364 g/mol. The van der Waals surface area contributed by atoms with Crippen molar-refractivity contribution in [2.75, 3.05) is 6.61 Å². The maximum absolute atomic E-state index is 12.8. The van der Waals surface area contributed by atoms with Gasteiger partial charge in [-0.15, -0.1) is 0 Å². The molecule has 2 heterocycles. The minimum absolute atomic E-state index is 0.110. The molecule has 6 heteroatoms. The number of pyridine rings is 2. The quantitative estimate of drug-likeness (QED) is 0.702. The summed E-state index contributed by atoms with van der Waals surface area (Å²) in [4.78, 5) is 17.0. The van der Waals surface area contributed by atoms with Crippen LogP contribution in [0.5, 0.6) is 5.75 Å². The van der Waals surface area contributed by atoms with Crippen LogP contribution in [0.4, 0.5) is 0 Å². The molecule has 0 aliphatic heterocycles. The molecule has 0 aliphatic rings. The highest BCUT2D eigenvalue weighted by Gasteiger charge is 2.16. The molecule has 140 valence electrons. The summed E-state index contributed by atoms with van der Waals surface area (Å²) >= 11 is 0. The molecule has 0 aliphatic carbocycles. The van der Waals surface area contributed by atoms with E-state index < -0.39 is 0 Å². The largest absolute Gasteiger partial charge is 0.491 e. The number of fused-ring (bicyclic) bond motifs is 3. The molecule has 3 aromatic rings. The van der Waals surface area contributed by atoms with Crippen LogP contribution in [0.2, 0.25) is 0 Å². The van der Waals surface area contributed by atoms with Gasteiger partial charge in [-0.2, -0.15) is 5.26 Å². The molecule has 3 rings (SSSR count). The number of nitrogens with two attached hydrogens (primary N) is 1. The van der Waals surface area contributed by atoms with E-state index in [1.807, 2.05) is 13.0 Å². The van der Waals surface area contributed by atoms with Gasteiger partial charge in [-0.1, -0.05) is 13.8 Å². The van der Waals surface area contributed by atoms with Crippen LogP contribution in [-0.2, 0) is 7.05 Å². The zero-order valence-electron chi connectivity index (χ0n) is 16.1. The molecule has 0 unspecified atom stereocenters. The Morgan fingerprint density at radius 3 is 2.74 bits per heavy atom. The smallest absolute Gasteiger partial charge is 0.260 e. The molecule has 1 atom stereocenters. The van der Waals surface area contributed by atoms with E-state index in [2.05, 4.69) is 24.9 Å². The van der Waals surface area contributed by atoms with Crippen LogP contribution in [0, 0.1) is 24.2 Å². The van der Waals surface area contributed by atoms with Gasteiger partial charge in [-0.3, -0.25) is 9.78 Å². The summed E-state index contributed by atoms with van der Waals surface area (Å²) in [5, 5.41) is 11.8. The predicted molar refractivity (Wildman–Crippen MR) is 107 cm³/mol. The van der Waals surface area contributed by atoms with Crippen molar-refractivity contribution in [3.8, 4) is 11.8 Å². The van der Waals surface area contributed by atoms with Gasteiger partial charge in [0, 0.05) is 30.7 Å². The van der Waals surface area contributed by atoms with Crippen LogP contribution in [0.25, 0.3) is 21.7 Å². The molecule has 27 heavy (non-hydrogen) atoms. The first-order valence-electron chi connectivity index (χ1n) is 9.04. The number of rotatable bonds is 5. The van der Waals surface area contributed by atoms with Gasteiger partial charge in [-0.05, 0) is 36.8 Å². The average Bonchev–Trinajstić information content (AvgIpc) is 2.63. The zero-order valence-corrected chi connectivity index (χ0v) is 16.1. The molecule has 1 aromatic carbocycles. The molecule has 2 N–H and O–H groups in total. The Balaban J connectivity index is 2.16. The number of hydrogen-bond donors (Lipinski definition) is 1. The van der Waals surface area contributed by atoms with E-state index in [-0.39, 0.29) is 11.6 Å². The fraction of sp³-hybridized carbons (Fsp3) is 0.381. The predicted octanol–water partition coefficient (Wildman–Crippen LogP) is 3.02. The van der Waals surface area contributed by atoms with Crippen LogP contribution < -0.4 is 16.0 Å². The molecule has 0 fully saturated rings. The summed E-state index contributed by atoms with van der Waals surface area (Å²) < 4.78 is 7.43. The lowest BCUT2D eigenvalue weighted by Gasteiger charge is -2.17. The van der Waals surface area contributed by atoms with Crippen LogP contribution in [-0.4, -0.2) is 22.2 Å². The summed E-state index contributed by atoms with van der Waals surface area (Å²) in [5.74, 6) is 0.920. The minimum atomic E-state index is -0.115. The third kappa shape index (κ3) is 3.51. The van der Waals surface area contributed by atoms with Crippen molar-refractivity contribution in [3.63, 3.8) is 0 Å². The molecular weight excluding hydrogens is 340 g/mol. The molecule has 2 aromatic heterocycles. The third-order valence-electron chi connectivity index (χ3n) is 4.76. The fourth-order valence-electron chi connectivity index (χ4n) is 3.48.